The van der Waals surface area contributed by atoms with E-state index in [-0.39, 0.29) is 0 Å². The lowest BCUT2D eigenvalue weighted by atomic mass is 9.99. The summed E-state index contributed by atoms with van der Waals surface area (Å²) in [6.07, 6.45) is 3.67. The van der Waals surface area contributed by atoms with Gasteiger partial charge in [-0.25, -0.2) is 14.6 Å². The fourth-order valence-electron chi connectivity index (χ4n) is 5.32. The van der Waals surface area contributed by atoms with Crippen molar-refractivity contribution in [1.29, 1.82) is 0 Å². The molecule has 0 aliphatic heterocycles. The van der Waals surface area contributed by atoms with Gasteiger partial charge in [0.15, 0.2) is 6.10 Å². The van der Waals surface area contributed by atoms with Crippen molar-refractivity contribution < 1.29 is 23.9 Å². The second kappa shape index (κ2) is 11.4. The number of fused-ring (bicyclic) bond motifs is 3. The van der Waals surface area contributed by atoms with Gasteiger partial charge in [-0.05, 0) is 61.8 Å². The number of nitrogens with one attached hydrogen (secondary N) is 1. The summed E-state index contributed by atoms with van der Waals surface area (Å²) in [5.74, 6) is -1.59. The minimum Gasteiger partial charge on any atom is -0.465 e. The summed E-state index contributed by atoms with van der Waals surface area (Å²) < 4.78 is 11.8. The lowest BCUT2D eigenvalue weighted by molar-refractivity contribution is -0.123. The Hall–Kier alpha value is -4.08. The molecule has 9 heteroatoms. The standard InChI is InChI=1S/C32H28N2O5S2/c1-18(28(35)34-30-27(32(37)38-2)20-12-4-3-5-16-24(20)40-30)39-31(36)22-14-9-11-19-10-8-13-21(26(19)22)29-33-23-15-6-7-17-25(23)41-29/h6-11,13-15,17-18H,3-5,12,16H2,1-2H3,(H,34,35). The molecule has 5 aromatic rings. The highest BCUT2D eigenvalue weighted by molar-refractivity contribution is 7.21. The second-order valence-electron chi connectivity index (χ2n) is 9.99. The van der Waals surface area contributed by atoms with Gasteiger partial charge in [0, 0.05) is 15.8 Å². The number of esters is 2. The third-order valence-corrected chi connectivity index (χ3v) is 9.63. The highest BCUT2D eigenvalue weighted by atomic mass is 32.1. The molecule has 0 saturated heterocycles. The number of nitrogens with zero attached hydrogens (tertiary/aromatic N) is 1. The van der Waals surface area contributed by atoms with Crippen molar-refractivity contribution in [3.05, 3.63) is 82.2 Å². The number of amides is 1. The summed E-state index contributed by atoms with van der Waals surface area (Å²) >= 11 is 2.96. The third kappa shape index (κ3) is 5.23. The van der Waals surface area contributed by atoms with Crippen LogP contribution in [0.4, 0.5) is 5.00 Å². The summed E-state index contributed by atoms with van der Waals surface area (Å²) in [4.78, 5) is 45.3. The fraction of sp³-hybridized carbons (Fsp3) is 0.250. The molecule has 3 aromatic carbocycles. The normalized spacial score (nSPS) is 13.8. The number of rotatable bonds is 6. The number of benzene rings is 3. The number of hydrogen-bond donors (Lipinski definition) is 1. The predicted molar refractivity (Wildman–Crippen MR) is 163 cm³/mol. The van der Waals surface area contributed by atoms with E-state index in [9.17, 15) is 14.4 Å². The van der Waals surface area contributed by atoms with E-state index in [0.717, 1.165) is 74.1 Å². The number of carbonyl (C=O) groups excluding carboxylic acids is 3. The molecule has 0 radical (unpaired) electrons. The zero-order chi connectivity index (χ0) is 28.5. The van der Waals surface area contributed by atoms with Gasteiger partial charge < -0.3 is 14.8 Å². The number of aryl methyl sites for hydroxylation is 1. The lowest BCUT2D eigenvalue weighted by Gasteiger charge is -2.15. The molecule has 1 atom stereocenters. The highest BCUT2D eigenvalue weighted by Crippen LogP contribution is 2.39. The summed E-state index contributed by atoms with van der Waals surface area (Å²) in [5.41, 5.74) is 3.45. The number of ether oxygens (including phenoxy) is 2. The molecule has 7 nitrogen and oxygen atoms in total. The molecule has 1 aliphatic carbocycles. The van der Waals surface area contributed by atoms with Crippen LogP contribution in [0, 0.1) is 0 Å². The number of thiazole rings is 1. The molecule has 208 valence electrons. The van der Waals surface area contributed by atoms with Gasteiger partial charge in [-0.1, -0.05) is 48.9 Å². The van der Waals surface area contributed by atoms with Crippen molar-refractivity contribution in [2.75, 3.05) is 12.4 Å². The minimum atomic E-state index is -1.10. The van der Waals surface area contributed by atoms with Gasteiger partial charge in [-0.3, -0.25) is 4.79 Å². The van der Waals surface area contributed by atoms with Gasteiger partial charge in [0.2, 0.25) is 0 Å². The van der Waals surface area contributed by atoms with Crippen molar-refractivity contribution >= 4 is 66.5 Å². The van der Waals surface area contributed by atoms with Crippen LogP contribution < -0.4 is 5.32 Å². The SMILES string of the molecule is COC(=O)c1c(NC(=O)C(C)OC(=O)c2cccc3cccc(-c4nc5ccccc5s4)c23)sc2c1CCCCC2. The molecule has 0 bridgehead atoms. The Morgan fingerprint density at radius 2 is 1.68 bits per heavy atom. The summed E-state index contributed by atoms with van der Waals surface area (Å²) in [6.45, 7) is 1.53. The predicted octanol–water partition coefficient (Wildman–Crippen LogP) is 7.42. The molecule has 0 saturated carbocycles. The van der Waals surface area contributed by atoms with E-state index in [2.05, 4.69) is 5.32 Å². The molecule has 41 heavy (non-hydrogen) atoms. The quantitative estimate of drug-likeness (QED) is 0.165. The maximum absolute atomic E-state index is 13.5. The molecule has 2 heterocycles. The molecule has 6 rings (SSSR count). The average molecular weight is 585 g/mol. The summed E-state index contributed by atoms with van der Waals surface area (Å²) in [7, 11) is 1.34. The maximum atomic E-state index is 13.5. The first-order chi connectivity index (χ1) is 19.9. The van der Waals surface area contributed by atoms with Crippen LogP contribution in [0.1, 0.15) is 57.3 Å². The van der Waals surface area contributed by atoms with Crippen LogP contribution in [0.25, 0.3) is 31.6 Å². The third-order valence-electron chi connectivity index (χ3n) is 7.35. The molecule has 1 unspecified atom stereocenters. The van der Waals surface area contributed by atoms with Crippen molar-refractivity contribution in [2.45, 2.75) is 45.1 Å². The number of thiophene rings is 1. The second-order valence-corrected chi connectivity index (χ2v) is 12.1. The molecule has 1 amide bonds. The Bertz CT molecular complexity index is 1770. The van der Waals surface area contributed by atoms with E-state index in [1.807, 2.05) is 48.5 Å². The van der Waals surface area contributed by atoms with Crippen LogP contribution in [0.15, 0.2) is 60.7 Å². The van der Waals surface area contributed by atoms with E-state index < -0.39 is 23.9 Å². The van der Waals surface area contributed by atoms with Gasteiger partial charge in [-0.15, -0.1) is 22.7 Å². The Labute approximate surface area is 245 Å². The number of methoxy groups -OCH3 is 1. The first-order valence-corrected chi connectivity index (χ1v) is 15.2. The van der Waals surface area contributed by atoms with E-state index in [0.29, 0.717) is 16.1 Å². The largest absolute Gasteiger partial charge is 0.465 e. The molecule has 2 aromatic heterocycles. The monoisotopic (exact) mass is 584 g/mol. The smallest absolute Gasteiger partial charge is 0.341 e. The van der Waals surface area contributed by atoms with Gasteiger partial charge in [-0.2, -0.15) is 0 Å². The molecule has 0 fully saturated rings. The molecule has 0 spiro atoms. The summed E-state index contributed by atoms with van der Waals surface area (Å²) in [6, 6.07) is 19.2. The topological polar surface area (TPSA) is 94.6 Å². The van der Waals surface area contributed by atoms with Crippen LogP contribution in [0.5, 0.6) is 0 Å². The molecular weight excluding hydrogens is 556 g/mol. The number of carbonyl (C=O) groups is 3. The molecule has 1 aliphatic rings. The zero-order valence-corrected chi connectivity index (χ0v) is 24.3. The molecular formula is C32H28N2O5S2. The van der Waals surface area contributed by atoms with Crippen molar-refractivity contribution in [2.24, 2.45) is 0 Å². The number of anilines is 1. The van der Waals surface area contributed by atoms with Crippen molar-refractivity contribution in [1.82, 2.24) is 4.98 Å². The Morgan fingerprint density at radius 1 is 0.902 bits per heavy atom. The zero-order valence-electron chi connectivity index (χ0n) is 22.7. The van der Waals surface area contributed by atoms with Crippen molar-refractivity contribution in [3.8, 4) is 10.6 Å². The number of para-hydroxylation sites is 1. The fourth-order valence-corrected chi connectivity index (χ4v) is 7.59. The van der Waals surface area contributed by atoms with Crippen LogP contribution >= 0.6 is 22.7 Å². The lowest BCUT2D eigenvalue weighted by Crippen LogP contribution is -2.30. The van der Waals surface area contributed by atoms with Gasteiger partial charge in [0.25, 0.3) is 5.91 Å². The van der Waals surface area contributed by atoms with Crippen molar-refractivity contribution in [3.63, 3.8) is 0 Å². The van der Waals surface area contributed by atoms with Gasteiger partial charge >= 0.3 is 11.9 Å². The van der Waals surface area contributed by atoms with E-state index in [4.69, 9.17) is 14.5 Å². The van der Waals surface area contributed by atoms with Crippen LogP contribution in [-0.4, -0.2) is 36.0 Å². The van der Waals surface area contributed by atoms with E-state index >= 15 is 0 Å². The van der Waals surface area contributed by atoms with Crippen LogP contribution in [0.3, 0.4) is 0 Å². The minimum absolute atomic E-state index is 0.357. The van der Waals surface area contributed by atoms with Gasteiger partial charge in [0.05, 0.1) is 28.5 Å². The highest BCUT2D eigenvalue weighted by Gasteiger charge is 2.29. The summed E-state index contributed by atoms with van der Waals surface area (Å²) in [5, 5.41) is 5.68. The van der Waals surface area contributed by atoms with Gasteiger partial charge in [0.1, 0.15) is 10.0 Å². The number of aromatic nitrogens is 1. The Kier molecular flexibility index (Phi) is 7.55. The Balaban J connectivity index is 1.27. The first-order valence-electron chi connectivity index (χ1n) is 13.6. The number of hydrogen-bond acceptors (Lipinski definition) is 8. The van der Waals surface area contributed by atoms with E-state index in [1.54, 1.807) is 23.5 Å². The average Bonchev–Trinajstić information content (AvgIpc) is 3.49. The first kappa shape index (κ1) is 27.1. The van der Waals surface area contributed by atoms with Crippen LogP contribution in [-0.2, 0) is 27.1 Å². The van der Waals surface area contributed by atoms with Crippen LogP contribution in [0.2, 0.25) is 0 Å². The van der Waals surface area contributed by atoms with E-state index in [1.165, 1.54) is 25.4 Å². The Morgan fingerprint density at radius 3 is 2.49 bits per heavy atom. The maximum Gasteiger partial charge on any atom is 0.341 e. The molecule has 1 N–H and O–H groups in total.